The Morgan fingerprint density at radius 2 is 2.07 bits per heavy atom. The Bertz CT molecular complexity index is 969. The molecule has 7 nitrogen and oxygen atoms in total. The van der Waals surface area contributed by atoms with Crippen molar-refractivity contribution in [3.8, 4) is 0 Å². The maximum atomic E-state index is 12.6. The van der Waals surface area contributed by atoms with Crippen LogP contribution >= 0.6 is 0 Å². The fourth-order valence-electron chi connectivity index (χ4n) is 4.38. The van der Waals surface area contributed by atoms with E-state index in [2.05, 4.69) is 31.2 Å². The molecule has 2 aliphatic heterocycles. The minimum Gasteiger partial charge on any atom is -0.367 e. The number of fused-ring (bicyclic) bond motifs is 3. The van der Waals surface area contributed by atoms with Crippen LogP contribution in [0.15, 0.2) is 30.7 Å². The van der Waals surface area contributed by atoms with Gasteiger partial charge >= 0.3 is 0 Å². The lowest BCUT2D eigenvalue weighted by molar-refractivity contribution is -0.131. The quantitative estimate of drug-likeness (QED) is 0.742. The predicted molar refractivity (Wildman–Crippen MR) is 106 cm³/mol. The molecular weight excluding hydrogens is 340 g/mol. The molecule has 7 heteroatoms. The minimum atomic E-state index is 0.284. The van der Waals surface area contributed by atoms with Crippen LogP contribution in [-0.4, -0.2) is 64.5 Å². The second kappa shape index (κ2) is 6.81. The van der Waals surface area contributed by atoms with Gasteiger partial charge in [-0.1, -0.05) is 0 Å². The Labute approximate surface area is 157 Å². The van der Waals surface area contributed by atoms with Gasteiger partial charge < -0.3 is 20.1 Å². The van der Waals surface area contributed by atoms with Crippen molar-refractivity contribution in [2.75, 3.05) is 37.6 Å². The first-order valence-electron chi connectivity index (χ1n) is 9.76. The molecule has 2 N–H and O–H groups in total. The zero-order valence-corrected chi connectivity index (χ0v) is 15.3. The van der Waals surface area contributed by atoms with Crippen molar-refractivity contribution in [2.45, 2.75) is 25.3 Å². The number of carbonyl (C=O) groups is 1. The molecule has 0 radical (unpaired) electrons. The Morgan fingerprint density at radius 3 is 2.89 bits per heavy atom. The van der Waals surface area contributed by atoms with Gasteiger partial charge in [0, 0.05) is 56.4 Å². The second-order valence-corrected chi connectivity index (χ2v) is 7.47. The number of amides is 1. The van der Waals surface area contributed by atoms with E-state index in [4.69, 9.17) is 0 Å². The Kier molecular flexibility index (Phi) is 4.16. The fraction of sp³-hybridized carbons (Fsp3) is 0.450. The molecule has 0 bridgehead atoms. The number of aromatic amines is 1. The first-order chi connectivity index (χ1) is 13.3. The SMILES string of the molecule is O=C(CC1CCCN1)N1CCN(c2ccnc3[nH]c4cnccc4c23)CC1. The molecule has 0 aliphatic carbocycles. The summed E-state index contributed by atoms with van der Waals surface area (Å²) in [6.07, 6.45) is 8.45. The first-order valence-corrected chi connectivity index (χ1v) is 9.76. The number of carbonyl (C=O) groups excluding carboxylic acids is 1. The Hall–Kier alpha value is -2.67. The lowest BCUT2D eigenvalue weighted by Gasteiger charge is -2.36. The third kappa shape index (κ3) is 3.02. The molecule has 0 spiro atoms. The van der Waals surface area contributed by atoms with Crippen LogP contribution in [0, 0.1) is 0 Å². The summed E-state index contributed by atoms with van der Waals surface area (Å²) in [6, 6.07) is 4.49. The monoisotopic (exact) mass is 364 g/mol. The van der Waals surface area contributed by atoms with E-state index in [1.165, 1.54) is 12.1 Å². The number of anilines is 1. The van der Waals surface area contributed by atoms with E-state index in [-0.39, 0.29) is 5.91 Å². The fourth-order valence-corrected chi connectivity index (χ4v) is 4.38. The summed E-state index contributed by atoms with van der Waals surface area (Å²) in [5.41, 5.74) is 3.08. The van der Waals surface area contributed by atoms with E-state index in [1.807, 2.05) is 29.6 Å². The van der Waals surface area contributed by atoms with Gasteiger partial charge in [-0.3, -0.25) is 9.78 Å². The lowest BCUT2D eigenvalue weighted by Crippen LogP contribution is -2.49. The van der Waals surface area contributed by atoms with Gasteiger partial charge in [0.05, 0.1) is 22.8 Å². The number of nitrogens with zero attached hydrogens (tertiary/aromatic N) is 4. The predicted octanol–water partition coefficient (Wildman–Crippen LogP) is 1.90. The summed E-state index contributed by atoms with van der Waals surface area (Å²) in [6.45, 7) is 4.30. The Balaban J connectivity index is 1.34. The molecule has 1 unspecified atom stereocenters. The molecule has 3 aromatic rings. The molecule has 5 heterocycles. The maximum absolute atomic E-state index is 12.6. The number of H-pyrrole nitrogens is 1. The van der Waals surface area contributed by atoms with E-state index in [1.54, 1.807) is 0 Å². The average molecular weight is 364 g/mol. The summed E-state index contributed by atoms with van der Waals surface area (Å²) in [7, 11) is 0. The van der Waals surface area contributed by atoms with E-state index >= 15 is 0 Å². The lowest BCUT2D eigenvalue weighted by atomic mass is 10.1. The summed E-state index contributed by atoms with van der Waals surface area (Å²) in [4.78, 5) is 29.0. The molecule has 3 aromatic heterocycles. The van der Waals surface area contributed by atoms with Gasteiger partial charge in [0.15, 0.2) is 0 Å². The molecule has 0 saturated carbocycles. The molecule has 2 saturated heterocycles. The zero-order valence-electron chi connectivity index (χ0n) is 15.3. The van der Waals surface area contributed by atoms with Crippen LogP contribution in [-0.2, 0) is 4.79 Å². The second-order valence-electron chi connectivity index (χ2n) is 7.47. The van der Waals surface area contributed by atoms with E-state index < -0.39 is 0 Å². The van der Waals surface area contributed by atoms with Crippen LogP contribution < -0.4 is 10.2 Å². The number of aromatic nitrogens is 3. The summed E-state index contributed by atoms with van der Waals surface area (Å²) in [5.74, 6) is 0.284. The van der Waals surface area contributed by atoms with Crippen LogP contribution in [0.5, 0.6) is 0 Å². The molecule has 2 aliphatic rings. The van der Waals surface area contributed by atoms with Crippen LogP contribution in [0.25, 0.3) is 21.9 Å². The van der Waals surface area contributed by atoms with Gasteiger partial charge in [0.25, 0.3) is 0 Å². The van der Waals surface area contributed by atoms with Crippen molar-refractivity contribution in [3.05, 3.63) is 30.7 Å². The minimum absolute atomic E-state index is 0.284. The highest BCUT2D eigenvalue weighted by Crippen LogP contribution is 2.32. The standard InChI is InChI=1S/C20H24N6O/c27-18(12-14-2-1-5-22-14)26-10-8-25(9-11-26)17-4-7-23-20-19(17)15-3-6-21-13-16(15)24-20/h3-4,6-7,13-14,22H,1-2,5,8-12H2,(H,23,24). The Morgan fingerprint density at radius 1 is 1.19 bits per heavy atom. The third-order valence-electron chi connectivity index (χ3n) is 5.83. The van der Waals surface area contributed by atoms with Gasteiger partial charge in [-0.25, -0.2) is 4.98 Å². The van der Waals surface area contributed by atoms with Gasteiger partial charge in [-0.15, -0.1) is 0 Å². The average Bonchev–Trinajstić information content (AvgIpc) is 3.35. The smallest absolute Gasteiger partial charge is 0.224 e. The molecule has 1 atom stereocenters. The molecule has 140 valence electrons. The van der Waals surface area contributed by atoms with Crippen LogP contribution in [0.1, 0.15) is 19.3 Å². The summed E-state index contributed by atoms with van der Waals surface area (Å²) < 4.78 is 0. The molecular formula is C20H24N6O. The van der Waals surface area contributed by atoms with Crippen LogP contribution in [0.2, 0.25) is 0 Å². The van der Waals surface area contributed by atoms with Crippen molar-refractivity contribution in [1.29, 1.82) is 0 Å². The highest BCUT2D eigenvalue weighted by atomic mass is 16.2. The largest absolute Gasteiger partial charge is 0.367 e. The third-order valence-corrected chi connectivity index (χ3v) is 5.83. The van der Waals surface area contributed by atoms with Crippen molar-refractivity contribution >= 4 is 33.5 Å². The number of rotatable bonds is 3. The summed E-state index contributed by atoms with van der Waals surface area (Å²) >= 11 is 0. The molecule has 0 aromatic carbocycles. The number of piperazine rings is 1. The highest BCUT2D eigenvalue weighted by molar-refractivity contribution is 6.11. The van der Waals surface area contributed by atoms with Gasteiger partial charge in [-0.05, 0) is 31.5 Å². The van der Waals surface area contributed by atoms with Crippen molar-refractivity contribution < 1.29 is 4.79 Å². The van der Waals surface area contributed by atoms with Crippen molar-refractivity contribution in [3.63, 3.8) is 0 Å². The number of nitrogens with one attached hydrogen (secondary N) is 2. The molecule has 5 rings (SSSR count). The van der Waals surface area contributed by atoms with Gasteiger partial charge in [-0.2, -0.15) is 0 Å². The number of hydrogen-bond acceptors (Lipinski definition) is 5. The normalized spacial score (nSPS) is 20.7. The topological polar surface area (TPSA) is 77.2 Å². The van der Waals surface area contributed by atoms with Gasteiger partial charge in [0.1, 0.15) is 5.65 Å². The number of pyridine rings is 2. The highest BCUT2D eigenvalue weighted by Gasteiger charge is 2.26. The molecule has 1 amide bonds. The van der Waals surface area contributed by atoms with Crippen molar-refractivity contribution in [1.82, 2.24) is 25.2 Å². The van der Waals surface area contributed by atoms with Crippen molar-refractivity contribution in [2.24, 2.45) is 0 Å². The molecule has 27 heavy (non-hydrogen) atoms. The summed E-state index contributed by atoms with van der Waals surface area (Å²) in [5, 5.41) is 5.71. The van der Waals surface area contributed by atoms with E-state index in [0.29, 0.717) is 12.5 Å². The van der Waals surface area contributed by atoms with Gasteiger partial charge in [0.2, 0.25) is 5.91 Å². The first kappa shape index (κ1) is 16.5. The van der Waals surface area contributed by atoms with Crippen LogP contribution in [0.3, 0.4) is 0 Å². The maximum Gasteiger partial charge on any atom is 0.224 e. The van der Waals surface area contributed by atoms with E-state index in [9.17, 15) is 4.79 Å². The zero-order chi connectivity index (χ0) is 18.2. The number of hydrogen-bond donors (Lipinski definition) is 2. The van der Waals surface area contributed by atoms with E-state index in [0.717, 1.165) is 61.1 Å². The van der Waals surface area contributed by atoms with Crippen LogP contribution in [0.4, 0.5) is 5.69 Å². The molecule has 2 fully saturated rings.